The Bertz CT molecular complexity index is 139. The summed E-state index contributed by atoms with van der Waals surface area (Å²) >= 11 is -2.24. The smallest absolute Gasteiger partial charge is 0.301 e. The van der Waals surface area contributed by atoms with Crippen molar-refractivity contribution in [1.82, 2.24) is 4.90 Å². The Balaban J connectivity index is 3.49. The van der Waals surface area contributed by atoms with Crippen LogP contribution >= 0.6 is 0 Å². The Kier molecular flexibility index (Phi) is 8.51. The SMILES string of the molecule is O=S(O)OCCN(CCO)CCO. The first-order valence-electron chi connectivity index (χ1n) is 3.89. The minimum atomic E-state index is -2.24. The van der Waals surface area contributed by atoms with Gasteiger partial charge in [-0.05, 0) is 0 Å². The molecule has 0 rings (SSSR count). The minimum Gasteiger partial charge on any atom is -0.395 e. The van der Waals surface area contributed by atoms with Gasteiger partial charge in [-0.15, -0.1) is 0 Å². The Morgan fingerprint density at radius 2 is 1.69 bits per heavy atom. The van der Waals surface area contributed by atoms with Crippen LogP contribution in [0.1, 0.15) is 0 Å². The number of hydrogen-bond donors (Lipinski definition) is 3. The van der Waals surface area contributed by atoms with Gasteiger partial charge in [0.2, 0.25) is 0 Å². The van der Waals surface area contributed by atoms with Gasteiger partial charge in [-0.2, -0.15) is 4.21 Å². The lowest BCUT2D eigenvalue weighted by Crippen LogP contribution is -2.33. The fourth-order valence-electron chi connectivity index (χ4n) is 0.856. The lowest BCUT2D eigenvalue weighted by atomic mass is 10.4. The predicted molar refractivity (Wildman–Crippen MR) is 47.3 cm³/mol. The van der Waals surface area contributed by atoms with Crippen LogP contribution in [0.5, 0.6) is 0 Å². The van der Waals surface area contributed by atoms with Crippen LogP contribution in [0.15, 0.2) is 0 Å². The zero-order valence-electron chi connectivity index (χ0n) is 7.26. The van der Waals surface area contributed by atoms with Crippen molar-refractivity contribution in [1.29, 1.82) is 0 Å². The van der Waals surface area contributed by atoms with Crippen molar-refractivity contribution in [3.63, 3.8) is 0 Å². The molecule has 0 aromatic rings. The van der Waals surface area contributed by atoms with Crippen LogP contribution in [0, 0.1) is 0 Å². The highest BCUT2D eigenvalue weighted by Crippen LogP contribution is 1.88. The molecule has 6 nitrogen and oxygen atoms in total. The molecule has 80 valence electrons. The van der Waals surface area contributed by atoms with Crippen LogP contribution in [0.4, 0.5) is 0 Å². The molecule has 0 aliphatic carbocycles. The van der Waals surface area contributed by atoms with Crippen molar-refractivity contribution in [2.24, 2.45) is 0 Å². The maximum Gasteiger partial charge on any atom is 0.301 e. The Morgan fingerprint density at radius 3 is 2.08 bits per heavy atom. The fraction of sp³-hybridized carbons (Fsp3) is 1.00. The van der Waals surface area contributed by atoms with Gasteiger partial charge < -0.3 is 10.2 Å². The van der Waals surface area contributed by atoms with Crippen molar-refractivity contribution in [3.05, 3.63) is 0 Å². The van der Waals surface area contributed by atoms with Gasteiger partial charge in [-0.1, -0.05) is 0 Å². The van der Waals surface area contributed by atoms with E-state index in [0.29, 0.717) is 19.6 Å². The van der Waals surface area contributed by atoms with E-state index < -0.39 is 11.4 Å². The second-order valence-corrected chi connectivity index (χ2v) is 3.00. The molecule has 0 fully saturated rings. The van der Waals surface area contributed by atoms with Crippen LogP contribution in [0.25, 0.3) is 0 Å². The van der Waals surface area contributed by atoms with Gasteiger partial charge in [0.15, 0.2) is 0 Å². The predicted octanol–water partition coefficient (Wildman–Crippen LogP) is -1.57. The third kappa shape index (κ3) is 8.28. The average Bonchev–Trinajstić information content (AvgIpc) is 2.04. The van der Waals surface area contributed by atoms with Crippen LogP contribution < -0.4 is 0 Å². The Morgan fingerprint density at radius 1 is 1.15 bits per heavy atom. The van der Waals surface area contributed by atoms with Gasteiger partial charge in [0, 0.05) is 19.6 Å². The molecule has 0 aliphatic heterocycles. The van der Waals surface area contributed by atoms with Gasteiger partial charge in [-0.25, -0.2) is 0 Å². The summed E-state index contributed by atoms with van der Waals surface area (Å²) in [6.45, 7) is 1.32. The lowest BCUT2D eigenvalue weighted by molar-refractivity contribution is 0.142. The standard InChI is InChI=1S/C6H15NO5S/c8-4-1-7(2-5-9)3-6-12-13(10)11/h8-9H,1-6H2,(H,10,11). The summed E-state index contributed by atoms with van der Waals surface area (Å²) < 4.78 is 22.7. The molecule has 0 heterocycles. The number of hydrogen-bond acceptors (Lipinski definition) is 5. The highest BCUT2D eigenvalue weighted by Gasteiger charge is 2.03. The number of rotatable bonds is 8. The number of nitrogens with zero attached hydrogens (tertiary/aromatic N) is 1. The van der Waals surface area contributed by atoms with E-state index in [4.69, 9.17) is 14.8 Å². The molecule has 7 heteroatoms. The van der Waals surface area contributed by atoms with E-state index in [-0.39, 0.29) is 19.8 Å². The molecule has 3 N–H and O–H groups in total. The molecule has 1 unspecified atom stereocenters. The number of aliphatic hydroxyl groups excluding tert-OH is 2. The first-order chi connectivity index (χ1) is 6.20. The fourth-order valence-corrected chi connectivity index (χ4v) is 1.07. The Hall–Kier alpha value is -0.0500. The molecule has 0 aromatic heterocycles. The van der Waals surface area contributed by atoms with Gasteiger partial charge >= 0.3 is 11.4 Å². The number of aliphatic hydroxyl groups is 2. The zero-order valence-corrected chi connectivity index (χ0v) is 8.07. The minimum absolute atomic E-state index is 0.0117. The molecule has 0 aliphatic rings. The van der Waals surface area contributed by atoms with Gasteiger partial charge in [-0.3, -0.25) is 13.6 Å². The van der Waals surface area contributed by atoms with Crippen molar-refractivity contribution < 1.29 is 23.2 Å². The molecule has 0 amide bonds. The second kappa shape index (κ2) is 8.54. The molecule has 0 spiro atoms. The average molecular weight is 213 g/mol. The maximum atomic E-state index is 10.1. The molecule has 0 bridgehead atoms. The normalized spacial score (nSPS) is 13.5. The summed E-state index contributed by atoms with van der Waals surface area (Å²) in [5.41, 5.74) is 0. The van der Waals surface area contributed by atoms with Gasteiger partial charge in [0.05, 0.1) is 19.8 Å². The molecule has 13 heavy (non-hydrogen) atoms. The van der Waals surface area contributed by atoms with Crippen LogP contribution in [0.3, 0.4) is 0 Å². The maximum absolute atomic E-state index is 10.1. The summed E-state index contributed by atoms with van der Waals surface area (Å²) in [6, 6.07) is 0. The van der Waals surface area contributed by atoms with Crippen LogP contribution in [0.2, 0.25) is 0 Å². The quantitative estimate of drug-likeness (QED) is 0.422. The molecule has 0 radical (unpaired) electrons. The summed E-state index contributed by atoms with van der Waals surface area (Å²) in [4.78, 5) is 1.73. The topological polar surface area (TPSA) is 90.2 Å². The van der Waals surface area contributed by atoms with Crippen molar-refractivity contribution >= 4 is 11.4 Å². The third-order valence-electron chi connectivity index (χ3n) is 1.42. The van der Waals surface area contributed by atoms with E-state index >= 15 is 0 Å². The van der Waals surface area contributed by atoms with E-state index in [1.165, 1.54) is 0 Å². The molecule has 0 saturated heterocycles. The van der Waals surface area contributed by atoms with Crippen molar-refractivity contribution in [3.8, 4) is 0 Å². The molecule has 1 atom stereocenters. The second-order valence-electron chi connectivity index (χ2n) is 2.33. The highest BCUT2D eigenvalue weighted by molar-refractivity contribution is 7.74. The molecular weight excluding hydrogens is 198 g/mol. The van der Waals surface area contributed by atoms with Crippen molar-refractivity contribution in [2.75, 3.05) is 39.5 Å². The van der Waals surface area contributed by atoms with E-state index in [0.717, 1.165) is 0 Å². The van der Waals surface area contributed by atoms with Crippen LogP contribution in [-0.2, 0) is 15.5 Å². The molecular formula is C6H15NO5S. The third-order valence-corrected chi connectivity index (χ3v) is 1.79. The summed E-state index contributed by atoms with van der Waals surface area (Å²) in [7, 11) is 0. The monoisotopic (exact) mass is 213 g/mol. The van der Waals surface area contributed by atoms with Gasteiger partial charge in [0.25, 0.3) is 0 Å². The van der Waals surface area contributed by atoms with Crippen molar-refractivity contribution in [2.45, 2.75) is 0 Å². The van der Waals surface area contributed by atoms with E-state index in [2.05, 4.69) is 4.18 Å². The molecule has 0 aromatic carbocycles. The van der Waals surface area contributed by atoms with E-state index in [1.54, 1.807) is 4.90 Å². The van der Waals surface area contributed by atoms with E-state index in [9.17, 15) is 4.21 Å². The summed E-state index contributed by atoms with van der Waals surface area (Å²) in [5.74, 6) is 0. The molecule has 0 saturated carbocycles. The lowest BCUT2D eigenvalue weighted by Gasteiger charge is -2.18. The first kappa shape index (κ1) is 12.9. The summed E-state index contributed by atoms with van der Waals surface area (Å²) in [5, 5.41) is 17.2. The Labute approximate surface area is 79.6 Å². The highest BCUT2D eigenvalue weighted by atomic mass is 32.2. The summed E-state index contributed by atoms with van der Waals surface area (Å²) in [6.07, 6.45) is 0. The van der Waals surface area contributed by atoms with E-state index in [1.807, 2.05) is 0 Å². The largest absolute Gasteiger partial charge is 0.395 e. The zero-order chi connectivity index (χ0) is 10.1. The van der Waals surface area contributed by atoms with Gasteiger partial charge in [0.1, 0.15) is 0 Å². The first-order valence-corrected chi connectivity index (χ1v) is 4.92. The van der Waals surface area contributed by atoms with Crippen LogP contribution in [-0.4, -0.2) is 63.3 Å².